The van der Waals surface area contributed by atoms with Gasteiger partial charge in [0.25, 0.3) is 5.91 Å². The maximum atomic E-state index is 14.8. The zero-order valence-electron chi connectivity index (χ0n) is 49.3. The molecule has 0 spiro atoms. The van der Waals surface area contributed by atoms with E-state index in [4.69, 9.17) is 18.9 Å². The molecule has 76 heavy (non-hydrogen) atoms. The van der Waals surface area contributed by atoms with E-state index in [0.29, 0.717) is 56.9 Å². The van der Waals surface area contributed by atoms with Crippen molar-refractivity contribution in [2.24, 2.45) is 35.5 Å². The number of aliphatic hydroxyl groups excluding tert-OH is 1. The van der Waals surface area contributed by atoms with Crippen LogP contribution in [0.4, 0.5) is 0 Å². The Morgan fingerprint density at radius 2 is 1.17 bits per heavy atom. The molecule has 3 heterocycles. The lowest BCUT2D eigenvalue weighted by Gasteiger charge is -2.41. The van der Waals surface area contributed by atoms with Crippen molar-refractivity contribution in [2.75, 3.05) is 62.1 Å². The quantitative estimate of drug-likeness (QED) is 0.300. The molecular formula is C57H96N6O13. The second-order valence-corrected chi connectivity index (χ2v) is 22.8. The molecule has 3 aliphatic heterocycles. The standard InChI is InChI=1S/C57H96N6O13/c1-19-36(8)50-54(69)61(16)48(34(4)5)53(68)58(13)43(32-73-17)52(67)62-29-21-23-41(62)51(66)60(15)49(35(6)7)55(70)63-30-22-24-42(63)57(72)76-45(33(2)3)26-20-25-44(64)39(11)56(71)75-40(12)37(9)27-28-38(10)46(74-18)31-47(65)59(50)14/h28,31,33-37,39-45,48-50,64H,19-27,29-30,32H2,1-18H3/t36-,37-,39+,40+,41-,42-,43-,44+,45-,48-,49-,50-/m0/s1. The molecule has 0 radical (unpaired) electrons. The zero-order chi connectivity index (χ0) is 57.6. The summed E-state index contributed by atoms with van der Waals surface area (Å²) in [7, 11) is 8.94. The predicted octanol–water partition coefficient (Wildman–Crippen LogP) is 5.46. The van der Waals surface area contributed by atoms with Crippen LogP contribution in [0.5, 0.6) is 0 Å². The molecule has 432 valence electrons. The zero-order valence-corrected chi connectivity index (χ0v) is 49.3. The summed E-state index contributed by atoms with van der Waals surface area (Å²) in [5.74, 6) is -6.03. The molecule has 0 bridgehead atoms. The third kappa shape index (κ3) is 16.0. The first kappa shape index (κ1) is 65.2. The monoisotopic (exact) mass is 1070 g/mol. The van der Waals surface area contributed by atoms with Gasteiger partial charge in [-0.15, -0.1) is 0 Å². The van der Waals surface area contributed by atoms with Crippen LogP contribution in [0.3, 0.4) is 0 Å². The van der Waals surface area contributed by atoms with E-state index in [0.717, 1.165) is 0 Å². The number of aliphatic hydroxyl groups is 1. The number of nitrogens with zero attached hydrogens (tertiary/aromatic N) is 6. The molecule has 19 heteroatoms. The fourth-order valence-electron chi connectivity index (χ4n) is 10.8. The number of carbonyl (C=O) groups is 8. The average molecular weight is 1070 g/mol. The van der Waals surface area contributed by atoms with Crippen molar-refractivity contribution in [3.05, 3.63) is 23.5 Å². The van der Waals surface area contributed by atoms with Gasteiger partial charge in [0, 0.05) is 54.5 Å². The molecule has 3 aliphatic rings. The first-order chi connectivity index (χ1) is 35.6. The maximum absolute atomic E-state index is 14.8. The Morgan fingerprint density at radius 1 is 0.632 bits per heavy atom. The van der Waals surface area contributed by atoms with Crippen molar-refractivity contribution in [3.8, 4) is 0 Å². The Labute approximate surface area is 454 Å². The van der Waals surface area contributed by atoms with Crippen LogP contribution in [0, 0.1) is 35.5 Å². The summed E-state index contributed by atoms with van der Waals surface area (Å²) in [5, 5.41) is 11.2. The van der Waals surface area contributed by atoms with E-state index < -0.39 is 114 Å². The molecule has 0 aromatic heterocycles. The van der Waals surface area contributed by atoms with Gasteiger partial charge in [0.05, 0.1) is 25.7 Å². The molecule has 1 N–H and O–H groups in total. The first-order valence-electron chi connectivity index (χ1n) is 27.8. The third-order valence-corrected chi connectivity index (χ3v) is 16.3. The summed E-state index contributed by atoms with van der Waals surface area (Å²) < 4.78 is 23.2. The third-order valence-electron chi connectivity index (χ3n) is 16.3. The molecule has 0 aromatic rings. The van der Waals surface area contributed by atoms with Crippen molar-refractivity contribution >= 4 is 47.4 Å². The maximum Gasteiger partial charge on any atom is 0.329 e. The van der Waals surface area contributed by atoms with Crippen LogP contribution in [0.1, 0.15) is 141 Å². The molecule has 0 saturated carbocycles. The summed E-state index contributed by atoms with van der Waals surface area (Å²) >= 11 is 0. The van der Waals surface area contributed by atoms with E-state index in [9.17, 15) is 43.5 Å². The van der Waals surface area contributed by atoms with Crippen molar-refractivity contribution in [1.82, 2.24) is 29.4 Å². The molecule has 19 nitrogen and oxygen atoms in total. The molecule has 0 aliphatic carbocycles. The van der Waals surface area contributed by atoms with E-state index >= 15 is 0 Å². The van der Waals surface area contributed by atoms with Gasteiger partial charge in [-0.2, -0.15) is 0 Å². The van der Waals surface area contributed by atoms with Crippen molar-refractivity contribution in [1.29, 1.82) is 0 Å². The highest BCUT2D eigenvalue weighted by atomic mass is 16.6. The minimum atomic E-state index is -1.19. The van der Waals surface area contributed by atoms with Gasteiger partial charge in [-0.1, -0.05) is 74.8 Å². The number of carbonyl (C=O) groups excluding carboxylic acids is 8. The molecule has 2 fully saturated rings. The summed E-state index contributed by atoms with van der Waals surface area (Å²) in [4.78, 5) is 124. The van der Waals surface area contributed by atoms with E-state index in [1.54, 1.807) is 41.7 Å². The number of ether oxygens (including phenoxy) is 4. The number of fused-ring (bicyclic) bond motifs is 2. The smallest absolute Gasteiger partial charge is 0.329 e. The van der Waals surface area contributed by atoms with Crippen LogP contribution in [0.2, 0.25) is 0 Å². The molecule has 0 unspecified atom stereocenters. The Hall–Kier alpha value is -5.04. The van der Waals surface area contributed by atoms with Crippen molar-refractivity contribution in [3.63, 3.8) is 0 Å². The number of hydrogen-bond acceptors (Lipinski definition) is 13. The highest BCUT2D eigenvalue weighted by molar-refractivity contribution is 5.98. The number of likely N-dealkylation sites (N-methyl/N-ethyl adjacent to an activating group) is 4. The SMILES string of the molecule is CC[C@H](C)[C@H]1C(=O)N(C)[C@@H](C(C)C)C(=O)N(C)[C@@H](COC)C(=O)N2CCC[C@H]2C(=O)N(C)[C@@H](C(C)C)C(=O)N2CCC[C@H]2C(=O)O[C@H](C(C)C)CCC[C@@H](O)[C@@H](C)C(=O)O[C@H](C)[C@@H](C)CC=C(C)C(OC)=CC(=O)N1C. The van der Waals surface area contributed by atoms with E-state index in [2.05, 4.69) is 0 Å². The van der Waals surface area contributed by atoms with Crippen LogP contribution < -0.4 is 0 Å². The second-order valence-electron chi connectivity index (χ2n) is 22.8. The lowest BCUT2D eigenvalue weighted by atomic mass is 9.93. The molecule has 12 atom stereocenters. The Morgan fingerprint density at radius 3 is 1.71 bits per heavy atom. The van der Waals surface area contributed by atoms with Gasteiger partial charge < -0.3 is 53.5 Å². The number of allylic oxidation sites excluding steroid dienone is 2. The largest absolute Gasteiger partial charge is 0.496 e. The summed E-state index contributed by atoms with van der Waals surface area (Å²) in [6.45, 7) is 22.3. The summed E-state index contributed by atoms with van der Waals surface area (Å²) in [6.07, 6.45) is 4.91. The van der Waals surface area contributed by atoms with Gasteiger partial charge in [-0.25, -0.2) is 4.79 Å². The lowest BCUT2D eigenvalue weighted by Crippen LogP contribution is -2.62. The number of esters is 2. The fraction of sp³-hybridized carbons (Fsp3) is 0.789. The van der Waals surface area contributed by atoms with Crippen LogP contribution in [0.15, 0.2) is 23.5 Å². The number of cyclic esters (lactones) is 2. The van der Waals surface area contributed by atoms with E-state index in [1.807, 2.05) is 54.5 Å². The minimum absolute atomic E-state index is 0.0950. The van der Waals surface area contributed by atoms with Crippen LogP contribution >= 0.6 is 0 Å². The molecular weight excluding hydrogens is 977 g/mol. The summed E-state index contributed by atoms with van der Waals surface area (Å²) in [5.41, 5.74) is 0.638. The first-order valence-corrected chi connectivity index (χ1v) is 27.8. The van der Waals surface area contributed by atoms with Crippen LogP contribution in [0.25, 0.3) is 0 Å². The minimum Gasteiger partial charge on any atom is -0.496 e. The number of amides is 6. The summed E-state index contributed by atoms with van der Waals surface area (Å²) in [6, 6.07) is -6.11. The second kappa shape index (κ2) is 29.6. The van der Waals surface area contributed by atoms with E-state index in [-0.39, 0.29) is 55.5 Å². The van der Waals surface area contributed by atoms with Gasteiger partial charge >= 0.3 is 11.9 Å². The fourth-order valence-corrected chi connectivity index (χ4v) is 10.8. The average Bonchev–Trinajstić information content (AvgIpc) is 4.08. The number of methoxy groups -OCH3 is 2. The normalized spacial score (nSPS) is 30.5. The molecule has 6 amide bonds. The molecule has 3 rings (SSSR count). The van der Waals surface area contributed by atoms with Crippen LogP contribution in [-0.4, -0.2) is 199 Å². The number of hydrogen-bond donors (Lipinski definition) is 1. The van der Waals surface area contributed by atoms with Crippen molar-refractivity contribution in [2.45, 2.75) is 195 Å². The Bertz CT molecular complexity index is 2080. The molecule has 0 aromatic carbocycles. The van der Waals surface area contributed by atoms with Crippen LogP contribution in [-0.2, 0) is 57.3 Å². The van der Waals surface area contributed by atoms with Crippen molar-refractivity contribution < 1.29 is 62.4 Å². The predicted molar refractivity (Wildman–Crippen MR) is 289 cm³/mol. The van der Waals surface area contributed by atoms with Gasteiger partial charge in [0.1, 0.15) is 54.2 Å². The highest BCUT2D eigenvalue weighted by Gasteiger charge is 2.47. The topological polar surface area (TPSA) is 213 Å². The van der Waals surface area contributed by atoms with E-state index in [1.165, 1.54) is 70.8 Å². The van der Waals surface area contributed by atoms with Gasteiger partial charge in [0.15, 0.2) is 0 Å². The van der Waals surface area contributed by atoms with Gasteiger partial charge in [0.2, 0.25) is 29.5 Å². The molecule has 2 saturated heterocycles. The van der Waals surface area contributed by atoms with Gasteiger partial charge in [-0.05, 0) is 107 Å². The highest BCUT2D eigenvalue weighted by Crippen LogP contribution is 2.30. The number of rotatable bonds is 8. The van der Waals surface area contributed by atoms with Gasteiger partial charge in [-0.3, -0.25) is 33.6 Å². The Kier molecular flexibility index (Phi) is 25.4. The Balaban J connectivity index is 2.12. The lowest BCUT2D eigenvalue weighted by molar-refractivity contribution is -0.163.